The summed E-state index contributed by atoms with van der Waals surface area (Å²) in [5.41, 5.74) is 3.92. The van der Waals surface area contributed by atoms with Gasteiger partial charge >= 0.3 is 0 Å². The van der Waals surface area contributed by atoms with Crippen molar-refractivity contribution in [2.75, 3.05) is 19.7 Å². The summed E-state index contributed by atoms with van der Waals surface area (Å²) in [6.07, 6.45) is 4.76. The van der Waals surface area contributed by atoms with E-state index in [0.717, 1.165) is 62.5 Å². The Bertz CT molecular complexity index is 837. The number of ether oxygens (including phenoxy) is 1. The molecule has 3 heterocycles. The van der Waals surface area contributed by atoms with Crippen LogP contribution in [0.15, 0.2) is 36.5 Å². The van der Waals surface area contributed by atoms with E-state index in [-0.39, 0.29) is 5.92 Å². The molecule has 1 aliphatic carbocycles. The number of aryl methyl sites for hydroxylation is 1. The Balaban J connectivity index is 1.35. The summed E-state index contributed by atoms with van der Waals surface area (Å²) in [6.45, 7) is 5.85. The van der Waals surface area contributed by atoms with Crippen molar-refractivity contribution in [2.45, 2.75) is 38.3 Å². The summed E-state index contributed by atoms with van der Waals surface area (Å²) in [6, 6.07) is 10.6. The SMILES string of the molecule is Cc1cccnc1[C@]1(O)CC[C@H]2CN(Cc3ccc4c(c3)CCO4)C[C@H]21. The molecule has 1 saturated heterocycles. The van der Waals surface area contributed by atoms with Crippen LogP contribution in [0.3, 0.4) is 0 Å². The molecule has 0 bridgehead atoms. The van der Waals surface area contributed by atoms with Gasteiger partial charge in [-0.15, -0.1) is 0 Å². The van der Waals surface area contributed by atoms with Crippen LogP contribution in [0.4, 0.5) is 0 Å². The second-order valence-corrected chi connectivity index (χ2v) is 8.23. The molecule has 3 aliphatic rings. The molecule has 2 aliphatic heterocycles. The summed E-state index contributed by atoms with van der Waals surface area (Å²) in [4.78, 5) is 7.07. The van der Waals surface area contributed by atoms with Crippen LogP contribution >= 0.6 is 0 Å². The number of fused-ring (bicyclic) bond motifs is 2. The quantitative estimate of drug-likeness (QED) is 0.924. The third kappa shape index (κ3) is 2.55. The molecule has 4 nitrogen and oxygen atoms in total. The highest BCUT2D eigenvalue weighted by atomic mass is 16.5. The van der Waals surface area contributed by atoms with E-state index in [4.69, 9.17) is 4.74 Å². The zero-order chi connectivity index (χ0) is 17.7. The van der Waals surface area contributed by atoms with E-state index >= 15 is 0 Å². The molecule has 0 unspecified atom stereocenters. The van der Waals surface area contributed by atoms with Crippen molar-refractivity contribution >= 4 is 0 Å². The molecule has 2 aromatic rings. The number of rotatable bonds is 3. The Hall–Kier alpha value is -1.91. The van der Waals surface area contributed by atoms with Gasteiger partial charge in [0.05, 0.1) is 12.3 Å². The number of hydrogen-bond acceptors (Lipinski definition) is 4. The van der Waals surface area contributed by atoms with Gasteiger partial charge in [-0.25, -0.2) is 0 Å². The molecule has 2 fully saturated rings. The minimum Gasteiger partial charge on any atom is -0.493 e. The van der Waals surface area contributed by atoms with Crippen LogP contribution in [-0.4, -0.2) is 34.7 Å². The van der Waals surface area contributed by atoms with Gasteiger partial charge < -0.3 is 9.84 Å². The molecule has 0 radical (unpaired) electrons. The first-order valence-corrected chi connectivity index (χ1v) is 9.75. The van der Waals surface area contributed by atoms with Crippen LogP contribution in [-0.2, 0) is 18.6 Å². The van der Waals surface area contributed by atoms with Gasteiger partial charge in [-0.2, -0.15) is 0 Å². The zero-order valence-corrected chi connectivity index (χ0v) is 15.3. The first kappa shape index (κ1) is 16.3. The summed E-state index contributed by atoms with van der Waals surface area (Å²) < 4.78 is 5.62. The lowest BCUT2D eigenvalue weighted by Crippen LogP contribution is -2.36. The van der Waals surface area contributed by atoms with Gasteiger partial charge in [-0.1, -0.05) is 18.2 Å². The number of hydrogen-bond donors (Lipinski definition) is 1. The Kier molecular flexibility index (Phi) is 3.80. The summed E-state index contributed by atoms with van der Waals surface area (Å²) in [7, 11) is 0. The maximum atomic E-state index is 11.5. The molecule has 3 atom stereocenters. The molecule has 0 amide bonds. The van der Waals surface area contributed by atoms with Crippen molar-refractivity contribution in [3.63, 3.8) is 0 Å². The van der Waals surface area contributed by atoms with E-state index in [9.17, 15) is 5.11 Å². The van der Waals surface area contributed by atoms with Gasteiger partial charge in [0.2, 0.25) is 0 Å². The number of benzene rings is 1. The zero-order valence-electron chi connectivity index (χ0n) is 15.3. The van der Waals surface area contributed by atoms with Crippen LogP contribution in [0.2, 0.25) is 0 Å². The van der Waals surface area contributed by atoms with Crippen molar-refractivity contribution in [3.05, 3.63) is 58.9 Å². The molecular formula is C22H26N2O2. The van der Waals surface area contributed by atoms with Crippen LogP contribution in [0.1, 0.15) is 35.2 Å². The lowest BCUT2D eigenvalue weighted by atomic mass is 9.83. The summed E-state index contributed by atoms with van der Waals surface area (Å²) >= 11 is 0. The van der Waals surface area contributed by atoms with Crippen molar-refractivity contribution < 1.29 is 9.84 Å². The van der Waals surface area contributed by atoms with Gasteiger partial charge in [0.15, 0.2) is 0 Å². The molecular weight excluding hydrogens is 324 g/mol. The van der Waals surface area contributed by atoms with Gasteiger partial charge in [0, 0.05) is 38.2 Å². The third-order valence-corrected chi connectivity index (χ3v) is 6.61. The fraction of sp³-hybridized carbons (Fsp3) is 0.500. The number of aliphatic hydroxyl groups is 1. The van der Waals surface area contributed by atoms with E-state index in [1.165, 1.54) is 11.1 Å². The topological polar surface area (TPSA) is 45.6 Å². The molecule has 5 rings (SSSR count). The smallest absolute Gasteiger partial charge is 0.122 e. The molecule has 1 aromatic carbocycles. The van der Waals surface area contributed by atoms with E-state index in [1.54, 1.807) is 0 Å². The predicted octanol–water partition coefficient (Wildman–Crippen LogP) is 3.05. The molecule has 1 aromatic heterocycles. The fourth-order valence-corrected chi connectivity index (χ4v) is 5.34. The first-order chi connectivity index (χ1) is 12.6. The lowest BCUT2D eigenvalue weighted by Gasteiger charge is -2.31. The van der Waals surface area contributed by atoms with Gasteiger partial charge in [-0.3, -0.25) is 9.88 Å². The molecule has 1 saturated carbocycles. The largest absolute Gasteiger partial charge is 0.493 e. The first-order valence-electron chi connectivity index (χ1n) is 9.75. The maximum Gasteiger partial charge on any atom is 0.122 e. The highest BCUT2D eigenvalue weighted by molar-refractivity contribution is 5.39. The van der Waals surface area contributed by atoms with Crippen molar-refractivity contribution in [2.24, 2.45) is 11.8 Å². The van der Waals surface area contributed by atoms with Crippen molar-refractivity contribution in [3.8, 4) is 5.75 Å². The van der Waals surface area contributed by atoms with E-state index in [0.29, 0.717) is 5.92 Å². The van der Waals surface area contributed by atoms with Crippen LogP contribution < -0.4 is 4.74 Å². The molecule has 1 N–H and O–H groups in total. The summed E-state index contributed by atoms with van der Waals surface area (Å²) in [5.74, 6) is 1.90. The Morgan fingerprint density at radius 3 is 3.12 bits per heavy atom. The number of likely N-dealkylation sites (tertiary alicyclic amines) is 1. The molecule has 136 valence electrons. The normalized spacial score (nSPS) is 30.2. The Morgan fingerprint density at radius 2 is 2.23 bits per heavy atom. The number of aromatic nitrogens is 1. The molecule has 26 heavy (non-hydrogen) atoms. The van der Waals surface area contributed by atoms with E-state index in [1.807, 2.05) is 12.3 Å². The Labute approximate surface area is 154 Å². The minimum absolute atomic E-state index is 0.286. The van der Waals surface area contributed by atoms with E-state index in [2.05, 4.69) is 41.1 Å². The van der Waals surface area contributed by atoms with Crippen molar-refractivity contribution in [1.29, 1.82) is 0 Å². The Morgan fingerprint density at radius 1 is 1.31 bits per heavy atom. The highest BCUT2D eigenvalue weighted by Crippen LogP contribution is 2.50. The van der Waals surface area contributed by atoms with Gasteiger partial charge in [0.1, 0.15) is 11.4 Å². The van der Waals surface area contributed by atoms with Crippen LogP contribution in [0.5, 0.6) is 5.75 Å². The highest BCUT2D eigenvalue weighted by Gasteiger charge is 2.53. The van der Waals surface area contributed by atoms with Crippen LogP contribution in [0.25, 0.3) is 0 Å². The minimum atomic E-state index is -0.767. The fourth-order valence-electron chi connectivity index (χ4n) is 5.34. The van der Waals surface area contributed by atoms with Gasteiger partial charge in [-0.05, 0) is 54.5 Å². The predicted molar refractivity (Wildman–Crippen MR) is 100 cm³/mol. The number of nitrogens with zero attached hydrogens (tertiary/aromatic N) is 2. The van der Waals surface area contributed by atoms with Crippen LogP contribution in [0, 0.1) is 18.8 Å². The second kappa shape index (κ2) is 6.07. The van der Waals surface area contributed by atoms with E-state index < -0.39 is 5.60 Å². The lowest BCUT2D eigenvalue weighted by molar-refractivity contribution is -0.0114. The van der Waals surface area contributed by atoms with Crippen molar-refractivity contribution in [1.82, 2.24) is 9.88 Å². The standard InChI is InChI=1S/C22H26N2O2/c1-15-3-2-9-23-21(15)22(25)8-6-18-13-24(14-19(18)22)12-16-4-5-20-17(11-16)7-10-26-20/h2-5,9,11,18-19,25H,6-8,10,12-14H2,1H3/t18-,19+,22-/m0/s1. The van der Waals surface area contributed by atoms with Gasteiger partial charge in [0.25, 0.3) is 0 Å². The molecule has 0 spiro atoms. The maximum absolute atomic E-state index is 11.5. The average Bonchev–Trinajstić information content (AvgIpc) is 3.32. The molecule has 4 heteroatoms. The second-order valence-electron chi connectivity index (χ2n) is 8.23. The third-order valence-electron chi connectivity index (χ3n) is 6.61. The summed E-state index contributed by atoms with van der Waals surface area (Å²) in [5, 5.41) is 11.5. The monoisotopic (exact) mass is 350 g/mol. The average molecular weight is 350 g/mol. The number of pyridine rings is 1.